The van der Waals surface area contributed by atoms with Crippen molar-refractivity contribution in [2.24, 2.45) is 0 Å². The molecular weight excluding hydrogens is 350 g/mol. The molecule has 132 valence electrons. The summed E-state index contributed by atoms with van der Waals surface area (Å²) in [7, 11) is 0. The van der Waals surface area contributed by atoms with Gasteiger partial charge in [-0.2, -0.15) is 9.59 Å². The number of pyridine rings is 1. The molecule has 3 aromatic rings. The molecule has 0 radical (unpaired) electrons. The summed E-state index contributed by atoms with van der Waals surface area (Å²) in [6, 6.07) is 18.1. The van der Waals surface area contributed by atoms with E-state index in [9.17, 15) is 0 Å². The minimum Gasteiger partial charge on any atom is -0.486 e. The van der Waals surface area contributed by atoms with E-state index >= 15 is 0 Å². The third-order valence-corrected chi connectivity index (χ3v) is 4.18. The van der Waals surface area contributed by atoms with E-state index in [1.807, 2.05) is 49.4 Å². The molecule has 0 aliphatic heterocycles. The molecule has 0 saturated heterocycles. The second kappa shape index (κ2) is 9.52. The lowest BCUT2D eigenvalue weighted by Crippen LogP contribution is -2.01. The zero-order chi connectivity index (χ0) is 18.9. The fraction of sp³-hybridized carbons (Fsp3) is 0.143. The van der Waals surface area contributed by atoms with Crippen molar-refractivity contribution < 1.29 is 14.3 Å². The number of rotatable bonds is 4. The highest BCUT2D eigenvalue weighted by Crippen LogP contribution is 2.32. The number of halogens is 1. The lowest BCUT2D eigenvalue weighted by molar-refractivity contribution is -0.191. The maximum absolute atomic E-state index is 8.12. The van der Waals surface area contributed by atoms with Crippen molar-refractivity contribution in [1.29, 1.82) is 0 Å². The predicted molar refractivity (Wildman–Crippen MR) is 99.9 cm³/mol. The SMILES string of the molecule is Cc1ccccc1-c1ccc(Cl)c(OCc2ncccc2C)c1.O=C=O. The Morgan fingerprint density at radius 3 is 2.38 bits per heavy atom. The smallest absolute Gasteiger partial charge is 0.373 e. The van der Waals surface area contributed by atoms with E-state index in [0.29, 0.717) is 17.4 Å². The molecule has 26 heavy (non-hydrogen) atoms. The van der Waals surface area contributed by atoms with Crippen LogP contribution in [0.25, 0.3) is 11.1 Å². The van der Waals surface area contributed by atoms with Crippen LogP contribution in [0.5, 0.6) is 5.75 Å². The first-order chi connectivity index (χ1) is 12.6. The molecule has 0 aliphatic carbocycles. The number of carbonyl (C=O) groups excluding carboxylic acids is 2. The van der Waals surface area contributed by atoms with Crippen LogP contribution < -0.4 is 4.74 Å². The van der Waals surface area contributed by atoms with E-state index in [2.05, 4.69) is 24.0 Å². The molecule has 0 bridgehead atoms. The van der Waals surface area contributed by atoms with Gasteiger partial charge >= 0.3 is 6.15 Å². The van der Waals surface area contributed by atoms with Crippen LogP contribution in [0.2, 0.25) is 5.02 Å². The van der Waals surface area contributed by atoms with Crippen molar-refractivity contribution in [3.63, 3.8) is 0 Å². The van der Waals surface area contributed by atoms with Crippen LogP contribution in [0.4, 0.5) is 0 Å². The number of aryl methyl sites for hydroxylation is 2. The van der Waals surface area contributed by atoms with Crippen LogP contribution in [-0.4, -0.2) is 11.1 Å². The fourth-order valence-corrected chi connectivity index (χ4v) is 2.67. The summed E-state index contributed by atoms with van der Waals surface area (Å²) in [5.74, 6) is 0.678. The van der Waals surface area contributed by atoms with E-state index in [1.165, 1.54) is 11.1 Å². The topological polar surface area (TPSA) is 56.3 Å². The van der Waals surface area contributed by atoms with E-state index in [-0.39, 0.29) is 6.15 Å². The Bertz CT molecular complexity index is 919. The Balaban J connectivity index is 0.000000758. The van der Waals surface area contributed by atoms with Crippen molar-refractivity contribution in [2.75, 3.05) is 0 Å². The molecule has 0 aliphatic rings. The fourth-order valence-electron chi connectivity index (χ4n) is 2.49. The highest BCUT2D eigenvalue weighted by atomic mass is 35.5. The van der Waals surface area contributed by atoms with Gasteiger partial charge in [0.1, 0.15) is 12.4 Å². The van der Waals surface area contributed by atoms with Gasteiger partial charge in [-0.3, -0.25) is 4.98 Å². The van der Waals surface area contributed by atoms with Gasteiger partial charge in [0, 0.05) is 6.20 Å². The van der Waals surface area contributed by atoms with Crippen molar-refractivity contribution in [2.45, 2.75) is 20.5 Å². The Morgan fingerprint density at radius 2 is 1.69 bits per heavy atom. The molecular formula is C21H18ClNO3. The number of nitrogens with zero attached hydrogens (tertiary/aromatic N) is 1. The predicted octanol–water partition coefficient (Wildman–Crippen LogP) is 5.01. The molecule has 0 fully saturated rings. The molecule has 1 aromatic heterocycles. The number of benzene rings is 2. The van der Waals surface area contributed by atoms with Gasteiger partial charge in [0.25, 0.3) is 0 Å². The van der Waals surface area contributed by atoms with E-state index < -0.39 is 0 Å². The normalized spacial score (nSPS) is 9.65. The number of hydrogen-bond acceptors (Lipinski definition) is 4. The molecule has 1 heterocycles. The Morgan fingerprint density at radius 1 is 1.00 bits per heavy atom. The summed E-state index contributed by atoms with van der Waals surface area (Å²) in [4.78, 5) is 20.6. The number of aromatic nitrogens is 1. The molecule has 0 amide bonds. The first-order valence-electron chi connectivity index (χ1n) is 7.95. The van der Waals surface area contributed by atoms with Crippen LogP contribution >= 0.6 is 11.6 Å². The van der Waals surface area contributed by atoms with Gasteiger partial charge in [0.2, 0.25) is 0 Å². The summed E-state index contributed by atoms with van der Waals surface area (Å²) in [5, 5.41) is 0.607. The molecule has 0 spiro atoms. The molecule has 0 N–H and O–H groups in total. The largest absolute Gasteiger partial charge is 0.486 e. The van der Waals surface area contributed by atoms with E-state index in [0.717, 1.165) is 16.8 Å². The summed E-state index contributed by atoms with van der Waals surface area (Å²) < 4.78 is 5.91. The quantitative estimate of drug-likeness (QED) is 0.650. The maximum atomic E-state index is 8.12. The van der Waals surface area contributed by atoms with Crippen molar-refractivity contribution in [3.8, 4) is 16.9 Å². The van der Waals surface area contributed by atoms with Crippen molar-refractivity contribution in [1.82, 2.24) is 4.98 Å². The molecule has 0 atom stereocenters. The van der Waals surface area contributed by atoms with Crippen LogP contribution in [0, 0.1) is 13.8 Å². The third-order valence-electron chi connectivity index (χ3n) is 3.87. The summed E-state index contributed by atoms with van der Waals surface area (Å²) in [6.07, 6.45) is 2.02. The van der Waals surface area contributed by atoms with Crippen LogP contribution in [0.3, 0.4) is 0 Å². The molecule has 2 aromatic carbocycles. The van der Waals surface area contributed by atoms with Gasteiger partial charge in [-0.15, -0.1) is 0 Å². The summed E-state index contributed by atoms with van der Waals surface area (Å²) in [5.41, 5.74) is 5.54. The molecule has 0 saturated carbocycles. The number of ether oxygens (including phenoxy) is 1. The Kier molecular flexibility index (Phi) is 7.10. The first-order valence-corrected chi connectivity index (χ1v) is 8.32. The monoisotopic (exact) mass is 367 g/mol. The van der Waals surface area contributed by atoms with Crippen molar-refractivity contribution >= 4 is 17.8 Å². The van der Waals surface area contributed by atoms with E-state index in [4.69, 9.17) is 25.9 Å². The minimum absolute atomic E-state index is 0.250. The third kappa shape index (κ3) is 5.03. The molecule has 4 nitrogen and oxygen atoms in total. The van der Waals surface area contributed by atoms with Gasteiger partial charge < -0.3 is 4.74 Å². The van der Waals surface area contributed by atoms with Crippen molar-refractivity contribution in [3.05, 3.63) is 82.6 Å². The second-order valence-electron chi connectivity index (χ2n) is 5.60. The highest BCUT2D eigenvalue weighted by molar-refractivity contribution is 6.32. The average molecular weight is 368 g/mol. The molecule has 3 rings (SSSR count). The lowest BCUT2D eigenvalue weighted by Gasteiger charge is -2.12. The average Bonchev–Trinajstić information content (AvgIpc) is 2.63. The lowest BCUT2D eigenvalue weighted by atomic mass is 10.0. The Hall–Kier alpha value is -2.94. The maximum Gasteiger partial charge on any atom is 0.373 e. The molecule has 5 heteroatoms. The highest BCUT2D eigenvalue weighted by Gasteiger charge is 2.08. The summed E-state index contributed by atoms with van der Waals surface area (Å²) in [6.45, 7) is 4.53. The zero-order valence-corrected chi connectivity index (χ0v) is 15.3. The van der Waals surface area contributed by atoms with Crippen LogP contribution in [-0.2, 0) is 16.2 Å². The Labute approximate surface area is 157 Å². The van der Waals surface area contributed by atoms with E-state index in [1.54, 1.807) is 6.20 Å². The van der Waals surface area contributed by atoms with Gasteiger partial charge in [-0.1, -0.05) is 48.0 Å². The standard InChI is InChI=1S/C20H18ClNO.CO2/c1-14-6-3-4-8-17(14)16-9-10-18(21)20(12-16)23-13-19-15(2)7-5-11-22-19;2-1-3/h3-12H,13H2,1-2H3;. The number of hydrogen-bond donors (Lipinski definition) is 0. The first kappa shape index (κ1) is 19.4. The summed E-state index contributed by atoms with van der Waals surface area (Å²) >= 11 is 6.28. The van der Waals surface area contributed by atoms with Gasteiger partial charge in [0.05, 0.1) is 10.7 Å². The van der Waals surface area contributed by atoms with Gasteiger partial charge in [0.15, 0.2) is 0 Å². The zero-order valence-electron chi connectivity index (χ0n) is 14.5. The van der Waals surface area contributed by atoms with Gasteiger partial charge in [-0.25, -0.2) is 0 Å². The second-order valence-corrected chi connectivity index (χ2v) is 6.01. The molecule has 0 unspecified atom stereocenters. The minimum atomic E-state index is 0.250. The van der Waals surface area contributed by atoms with Crippen LogP contribution in [0.1, 0.15) is 16.8 Å². The van der Waals surface area contributed by atoms with Gasteiger partial charge in [-0.05, 0) is 54.3 Å². The van der Waals surface area contributed by atoms with Crippen LogP contribution in [0.15, 0.2) is 60.8 Å².